The van der Waals surface area contributed by atoms with Gasteiger partial charge in [0.05, 0.1) is 24.4 Å². The van der Waals surface area contributed by atoms with Crippen LogP contribution in [0.25, 0.3) is 0 Å². The van der Waals surface area contributed by atoms with E-state index in [4.69, 9.17) is 4.74 Å². The average molecular weight is 256 g/mol. The van der Waals surface area contributed by atoms with E-state index in [2.05, 4.69) is 31.0 Å². The Morgan fingerprint density at radius 3 is 2.33 bits per heavy atom. The van der Waals surface area contributed by atoms with Crippen LogP contribution in [0.5, 0.6) is 0 Å². The Hall–Kier alpha value is -0.160. The van der Waals surface area contributed by atoms with Gasteiger partial charge in [0.15, 0.2) is 0 Å². The first-order valence-corrected chi connectivity index (χ1v) is 7.33. The first kappa shape index (κ1) is 14.3. The molecule has 0 aromatic carbocycles. The summed E-state index contributed by atoms with van der Waals surface area (Å²) in [5, 5.41) is 13.4. The third-order valence-corrected chi connectivity index (χ3v) is 4.17. The maximum absolute atomic E-state index is 9.86. The van der Waals surface area contributed by atoms with Crippen LogP contribution in [0.2, 0.25) is 0 Å². The molecule has 1 heterocycles. The monoisotopic (exact) mass is 256 g/mol. The van der Waals surface area contributed by atoms with E-state index >= 15 is 0 Å². The average Bonchev–Trinajstić information content (AvgIpc) is 3.11. The van der Waals surface area contributed by atoms with E-state index < -0.39 is 0 Å². The summed E-state index contributed by atoms with van der Waals surface area (Å²) >= 11 is 0. The predicted octanol–water partition coefficient (Wildman–Crippen LogP) is 0.846. The molecule has 1 saturated carbocycles. The van der Waals surface area contributed by atoms with Crippen LogP contribution in [-0.2, 0) is 4.74 Å². The molecule has 0 aromatic rings. The maximum atomic E-state index is 9.86. The standard InChI is InChI=1S/C14H28N2O2/c1-4-15-14(10-17,13-5-6-13)9-16-7-11(2)18-12(3)8-16/h11-13,15,17H,4-10H2,1-3H3. The summed E-state index contributed by atoms with van der Waals surface area (Å²) in [5.74, 6) is 0.649. The largest absolute Gasteiger partial charge is 0.394 e. The van der Waals surface area contributed by atoms with Gasteiger partial charge >= 0.3 is 0 Å². The normalized spacial score (nSPS) is 33.3. The fourth-order valence-electron chi connectivity index (χ4n) is 3.36. The highest BCUT2D eigenvalue weighted by molar-refractivity contribution is 5.03. The van der Waals surface area contributed by atoms with Crippen molar-refractivity contribution < 1.29 is 9.84 Å². The highest BCUT2D eigenvalue weighted by atomic mass is 16.5. The minimum atomic E-state index is -0.0917. The Labute approximate surface area is 111 Å². The predicted molar refractivity (Wildman–Crippen MR) is 72.7 cm³/mol. The van der Waals surface area contributed by atoms with Gasteiger partial charge in [-0.1, -0.05) is 6.92 Å². The molecule has 4 heteroatoms. The van der Waals surface area contributed by atoms with Crippen LogP contribution in [0.1, 0.15) is 33.6 Å². The van der Waals surface area contributed by atoms with Gasteiger partial charge in [0.2, 0.25) is 0 Å². The minimum Gasteiger partial charge on any atom is -0.394 e. The number of nitrogens with zero attached hydrogens (tertiary/aromatic N) is 1. The summed E-state index contributed by atoms with van der Waals surface area (Å²) in [5.41, 5.74) is -0.0917. The zero-order chi connectivity index (χ0) is 13.2. The lowest BCUT2D eigenvalue weighted by atomic mass is 9.92. The number of likely N-dealkylation sites (N-methyl/N-ethyl adjacent to an activating group) is 1. The Bertz CT molecular complexity index is 261. The lowest BCUT2D eigenvalue weighted by molar-refractivity contribution is -0.0781. The zero-order valence-corrected chi connectivity index (χ0v) is 12.0. The SMILES string of the molecule is CCNC(CO)(CN1CC(C)OC(C)C1)C1CC1. The molecule has 0 amide bonds. The molecule has 2 rings (SSSR count). The Morgan fingerprint density at radius 1 is 1.28 bits per heavy atom. The summed E-state index contributed by atoms with van der Waals surface area (Å²) in [4.78, 5) is 2.45. The molecular formula is C14H28N2O2. The molecule has 0 bridgehead atoms. The number of nitrogens with one attached hydrogen (secondary N) is 1. The molecule has 4 nitrogen and oxygen atoms in total. The van der Waals surface area contributed by atoms with Crippen molar-refractivity contribution in [3.8, 4) is 0 Å². The number of morpholine rings is 1. The Morgan fingerprint density at radius 2 is 1.89 bits per heavy atom. The fourth-order valence-corrected chi connectivity index (χ4v) is 3.36. The molecule has 1 saturated heterocycles. The quantitative estimate of drug-likeness (QED) is 0.739. The van der Waals surface area contributed by atoms with E-state index in [1.807, 2.05) is 0 Å². The van der Waals surface area contributed by atoms with Gasteiger partial charge in [-0.3, -0.25) is 4.90 Å². The van der Waals surface area contributed by atoms with Crippen LogP contribution < -0.4 is 5.32 Å². The molecule has 18 heavy (non-hydrogen) atoms. The topological polar surface area (TPSA) is 44.7 Å². The molecule has 1 aliphatic heterocycles. The minimum absolute atomic E-state index is 0.0917. The van der Waals surface area contributed by atoms with E-state index in [0.29, 0.717) is 18.1 Å². The van der Waals surface area contributed by atoms with Crippen LogP contribution >= 0.6 is 0 Å². The smallest absolute Gasteiger partial charge is 0.0678 e. The van der Waals surface area contributed by atoms with Crippen molar-refractivity contribution >= 4 is 0 Å². The van der Waals surface area contributed by atoms with E-state index in [0.717, 1.165) is 26.2 Å². The van der Waals surface area contributed by atoms with Gasteiger partial charge in [-0.25, -0.2) is 0 Å². The summed E-state index contributed by atoms with van der Waals surface area (Å²) in [7, 11) is 0. The molecular weight excluding hydrogens is 228 g/mol. The third-order valence-electron chi connectivity index (χ3n) is 4.17. The van der Waals surface area contributed by atoms with Crippen molar-refractivity contribution in [2.45, 2.75) is 51.4 Å². The van der Waals surface area contributed by atoms with Crippen molar-refractivity contribution in [1.29, 1.82) is 0 Å². The molecule has 106 valence electrons. The molecule has 2 aliphatic rings. The summed E-state index contributed by atoms with van der Waals surface area (Å²) in [6, 6.07) is 0. The number of aliphatic hydroxyl groups excluding tert-OH is 1. The van der Waals surface area contributed by atoms with E-state index in [1.165, 1.54) is 12.8 Å². The molecule has 2 N–H and O–H groups in total. The van der Waals surface area contributed by atoms with Gasteiger partial charge in [0, 0.05) is 19.6 Å². The molecule has 2 fully saturated rings. The number of ether oxygens (including phenoxy) is 1. The van der Waals surface area contributed by atoms with Crippen molar-refractivity contribution in [3.63, 3.8) is 0 Å². The second-order valence-electron chi connectivity index (χ2n) is 6.07. The van der Waals surface area contributed by atoms with Gasteiger partial charge in [-0.2, -0.15) is 0 Å². The first-order chi connectivity index (χ1) is 8.59. The molecule has 0 spiro atoms. The van der Waals surface area contributed by atoms with Gasteiger partial charge in [-0.15, -0.1) is 0 Å². The molecule has 1 aliphatic carbocycles. The van der Waals surface area contributed by atoms with Crippen LogP contribution in [0.15, 0.2) is 0 Å². The van der Waals surface area contributed by atoms with Crippen molar-refractivity contribution in [2.24, 2.45) is 5.92 Å². The molecule has 3 unspecified atom stereocenters. The van der Waals surface area contributed by atoms with E-state index in [9.17, 15) is 5.11 Å². The summed E-state index contributed by atoms with van der Waals surface area (Å²) < 4.78 is 5.78. The highest BCUT2D eigenvalue weighted by Crippen LogP contribution is 2.40. The Balaban J connectivity index is 1.99. The van der Waals surface area contributed by atoms with Gasteiger partial charge in [-0.05, 0) is 39.2 Å². The van der Waals surface area contributed by atoms with E-state index in [1.54, 1.807) is 0 Å². The molecule has 3 atom stereocenters. The maximum Gasteiger partial charge on any atom is 0.0678 e. The van der Waals surface area contributed by atoms with Crippen molar-refractivity contribution in [3.05, 3.63) is 0 Å². The number of hydrogen-bond acceptors (Lipinski definition) is 4. The Kier molecular flexibility index (Phi) is 4.64. The van der Waals surface area contributed by atoms with Gasteiger partial charge in [0.1, 0.15) is 0 Å². The lowest BCUT2D eigenvalue weighted by Gasteiger charge is -2.42. The van der Waals surface area contributed by atoms with Gasteiger partial charge < -0.3 is 15.2 Å². The summed E-state index contributed by atoms with van der Waals surface area (Å²) in [6.45, 7) is 10.4. The lowest BCUT2D eigenvalue weighted by Crippen LogP contribution is -2.60. The number of hydrogen-bond donors (Lipinski definition) is 2. The van der Waals surface area contributed by atoms with Crippen LogP contribution in [0, 0.1) is 5.92 Å². The second-order valence-corrected chi connectivity index (χ2v) is 6.07. The second kappa shape index (κ2) is 5.87. The number of rotatable bonds is 6. The zero-order valence-electron chi connectivity index (χ0n) is 12.0. The van der Waals surface area contributed by atoms with E-state index in [-0.39, 0.29) is 12.1 Å². The summed E-state index contributed by atoms with van der Waals surface area (Å²) in [6.07, 6.45) is 3.10. The molecule has 0 aromatic heterocycles. The van der Waals surface area contributed by atoms with Crippen LogP contribution in [0.4, 0.5) is 0 Å². The number of aliphatic hydroxyl groups is 1. The molecule has 0 radical (unpaired) electrons. The van der Waals surface area contributed by atoms with Crippen LogP contribution in [0.3, 0.4) is 0 Å². The van der Waals surface area contributed by atoms with Gasteiger partial charge in [0.25, 0.3) is 0 Å². The first-order valence-electron chi connectivity index (χ1n) is 7.33. The third kappa shape index (κ3) is 3.23. The van der Waals surface area contributed by atoms with Crippen molar-refractivity contribution in [1.82, 2.24) is 10.2 Å². The fraction of sp³-hybridized carbons (Fsp3) is 1.00. The van der Waals surface area contributed by atoms with Crippen LogP contribution in [-0.4, -0.2) is 60.5 Å². The highest BCUT2D eigenvalue weighted by Gasteiger charge is 2.45. The van der Waals surface area contributed by atoms with Crippen molar-refractivity contribution in [2.75, 3.05) is 32.8 Å².